The highest BCUT2D eigenvalue weighted by atomic mass is 32.2. The van der Waals surface area contributed by atoms with Crippen LogP contribution >= 0.6 is 11.8 Å². The Morgan fingerprint density at radius 3 is 2.33 bits per heavy atom. The van der Waals surface area contributed by atoms with Gasteiger partial charge >= 0.3 is 0 Å². The summed E-state index contributed by atoms with van der Waals surface area (Å²) < 4.78 is 1.79. The quantitative estimate of drug-likeness (QED) is 0.615. The molecule has 2 aromatic rings. The number of aromatic nitrogens is 3. The van der Waals surface area contributed by atoms with Crippen molar-refractivity contribution in [3.63, 3.8) is 0 Å². The van der Waals surface area contributed by atoms with Gasteiger partial charge < -0.3 is 11.1 Å². The van der Waals surface area contributed by atoms with Gasteiger partial charge in [0.2, 0.25) is 11.9 Å². The first-order valence-electron chi connectivity index (χ1n) is 7.58. The van der Waals surface area contributed by atoms with E-state index in [4.69, 9.17) is 5.73 Å². The van der Waals surface area contributed by atoms with Crippen LogP contribution in [0.1, 0.15) is 44.1 Å². The van der Waals surface area contributed by atoms with Gasteiger partial charge in [-0.15, -0.1) is 10.2 Å². The zero-order chi connectivity index (χ0) is 17.9. The lowest BCUT2D eigenvalue weighted by Gasteiger charge is -2.15. The molecule has 2 rings (SSSR count). The average molecular weight is 347 g/mol. The van der Waals surface area contributed by atoms with Crippen LogP contribution in [0.5, 0.6) is 0 Å². The second-order valence-corrected chi connectivity index (χ2v) is 7.00. The van der Waals surface area contributed by atoms with Gasteiger partial charge in [0.25, 0.3) is 0 Å². The smallest absolute Gasteiger partial charge is 0.237 e. The van der Waals surface area contributed by atoms with Gasteiger partial charge in [-0.25, -0.2) is 0 Å². The summed E-state index contributed by atoms with van der Waals surface area (Å²) in [4.78, 5) is 23.6. The summed E-state index contributed by atoms with van der Waals surface area (Å²) in [7, 11) is 0. The maximum atomic E-state index is 12.3. The fourth-order valence-corrected chi connectivity index (χ4v) is 3.09. The lowest BCUT2D eigenvalue weighted by Crippen LogP contribution is -2.23. The predicted octanol–water partition coefficient (Wildman–Crippen LogP) is 2.76. The number of Topliss-reactive ketones (excluding diaryl/α,β-unsaturated/α-hetero) is 1. The van der Waals surface area contributed by atoms with Gasteiger partial charge in [-0.3, -0.25) is 14.2 Å². The fourth-order valence-electron chi connectivity index (χ4n) is 2.10. The Morgan fingerprint density at radius 2 is 1.79 bits per heavy atom. The summed E-state index contributed by atoms with van der Waals surface area (Å²) in [6, 6.07) is 6.90. The number of nitrogens with zero attached hydrogens (tertiary/aromatic N) is 3. The Bertz CT molecular complexity index is 739. The number of anilines is 2. The number of carbonyl (C=O) groups is 2. The highest BCUT2D eigenvalue weighted by Crippen LogP contribution is 2.27. The van der Waals surface area contributed by atoms with Crippen LogP contribution in [0.3, 0.4) is 0 Å². The zero-order valence-corrected chi connectivity index (χ0v) is 14.9. The molecule has 0 saturated carbocycles. The third kappa shape index (κ3) is 4.14. The molecule has 1 aromatic heterocycles. The Labute approximate surface area is 145 Å². The third-order valence-corrected chi connectivity index (χ3v) is 4.47. The lowest BCUT2D eigenvalue weighted by molar-refractivity contribution is -0.115. The van der Waals surface area contributed by atoms with Gasteiger partial charge in [0.15, 0.2) is 10.9 Å². The molecule has 1 atom stereocenters. The zero-order valence-electron chi connectivity index (χ0n) is 14.1. The molecule has 0 spiro atoms. The van der Waals surface area contributed by atoms with Crippen molar-refractivity contribution < 1.29 is 9.59 Å². The molecule has 0 fully saturated rings. The Kier molecular flexibility index (Phi) is 5.61. The normalized spacial score (nSPS) is 12.2. The van der Waals surface area contributed by atoms with Gasteiger partial charge in [-0.05, 0) is 52.0 Å². The monoisotopic (exact) mass is 347 g/mol. The number of thioether (sulfide) groups is 1. The van der Waals surface area contributed by atoms with Crippen molar-refractivity contribution in [1.82, 2.24) is 14.8 Å². The first kappa shape index (κ1) is 18.0. The van der Waals surface area contributed by atoms with Crippen LogP contribution in [-0.2, 0) is 4.79 Å². The SMILES string of the molecule is CC(=O)c1ccc(NC(=O)[C@H](C)Sc2nnc(N)n2C(C)C)cc1. The van der Waals surface area contributed by atoms with Crippen LogP contribution in [0, 0.1) is 0 Å². The second-order valence-electron chi connectivity index (χ2n) is 5.69. The van der Waals surface area contributed by atoms with E-state index in [0.717, 1.165) is 0 Å². The van der Waals surface area contributed by atoms with E-state index in [9.17, 15) is 9.59 Å². The van der Waals surface area contributed by atoms with E-state index in [1.807, 2.05) is 13.8 Å². The third-order valence-electron chi connectivity index (χ3n) is 3.42. The van der Waals surface area contributed by atoms with E-state index in [1.54, 1.807) is 35.8 Å². The molecule has 3 N–H and O–H groups in total. The molecule has 0 unspecified atom stereocenters. The Hall–Kier alpha value is -2.35. The van der Waals surface area contributed by atoms with Crippen molar-refractivity contribution in [1.29, 1.82) is 0 Å². The standard InChI is InChI=1S/C16H21N5O2S/c1-9(2)21-15(17)19-20-16(21)24-11(4)14(23)18-13-7-5-12(6-8-13)10(3)22/h5-9,11H,1-4H3,(H2,17,19)(H,18,23)/t11-/m0/s1. The highest BCUT2D eigenvalue weighted by Gasteiger charge is 2.20. The first-order chi connectivity index (χ1) is 11.3. The van der Waals surface area contributed by atoms with Crippen LogP contribution in [0.15, 0.2) is 29.4 Å². The average Bonchev–Trinajstić information content (AvgIpc) is 2.88. The number of carbonyl (C=O) groups excluding carboxylic acids is 2. The van der Waals surface area contributed by atoms with Crippen molar-refractivity contribution in [2.24, 2.45) is 0 Å². The van der Waals surface area contributed by atoms with Gasteiger partial charge in [0, 0.05) is 17.3 Å². The number of amides is 1. The van der Waals surface area contributed by atoms with E-state index >= 15 is 0 Å². The number of nitrogen functional groups attached to an aromatic ring is 1. The van der Waals surface area contributed by atoms with Crippen LogP contribution in [0.4, 0.5) is 11.6 Å². The fraction of sp³-hybridized carbons (Fsp3) is 0.375. The minimum absolute atomic E-state index is 0.0117. The molecule has 1 heterocycles. The molecule has 24 heavy (non-hydrogen) atoms. The number of hydrogen-bond donors (Lipinski definition) is 2. The minimum atomic E-state index is -0.376. The summed E-state index contributed by atoms with van der Waals surface area (Å²) in [6.45, 7) is 7.25. The molecule has 128 valence electrons. The molecular formula is C16H21N5O2S. The summed E-state index contributed by atoms with van der Waals surface area (Å²) >= 11 is 1.30. The van der Waals surface area contributed by atoms with E-state index in [-0.39, 0.29) is 23.0 Å². The second kappa shape index (κ2) is 7.48. The molecule has 0 aliphatic carbocycles. The minimum Gasteiger partial charge on any atom is -0.368 e. The molecule has 1 amide bonds. The number of nitrogens with one attached hydrogen (secondary N) is 1. The number of benzene rings is 1. The van der Waals surface area contributed by atoms with Crippen LogP contribution < -0.4 is 11.1 Å². The van der Waals surface area contributed by atoms with E-state index in [0.29, 0.717) is 22.4 Å². The van der Waals surface area contributed by atoms with Crippen molar-refractivity contribution >= 4 is 35.1 Å². The maximum absolute atomic E-state index is 12.3. The molecule has 0 aliphatic rings. The summed E-state index contributed by atoms with van der Waals surface area (Å²) in [6.07, 6.45) is 0. The molecule has 0 saturated heterocycles. The molecule has 0 aliphatic heterocycles. The molecule has 8 heteroatoms. The largest absolute Gasteiger partial charge is 0.368 e. The van der Waals surface area contributed by atoms with Crippen LogP contribution in [0.2, 0.25) is 0 Å². The summed E-state index contributed by atoms with van der Waals surface area (Å²) in [5.41, 5.74) is 7.05. The number of rotatable bonds is 6. The maximum Gasteiger partial charge on any atom is 0.237 e. The predicted molar refractivity (Wildman–Crippen MR) is 95.2 cm³/mol. The van der Waals surface area contributed by atoms with Gasteiger partial charge in [-0.1, -0.05) is 11.8 Å². The Morgan fingerprint density at radius 1 is 1.17 bits per heavy atom. The van der Waals surface area contributed by atoms with Crippen molar-refractivity contribution in [3.8, 4) is 0 Å². The lowest BCUT2D eigenvalue weighted by atomic mass is 10.1. The van der Waals surface area contributed by atoms with Crippen molar-refractivity contribution in [2.75, 3.05) is 11.1 Å². The summed E-state index contributed by atoms with van der Waals surface area (Å²) in [5, 5.41) is 11.0. The van der Waals surface area contributed by atoms with Gasteiger partial charge in [0.05, 0.1) is 5.25 Å². The molecule has 0 bridgehead atoms. The Balaban J connectivity index is 2.03. The van der Waals surface area contributed by atoms with E-state index in [2.05, 4.69) is 15.5 Å². The van der Waals surface area contributed by atoms with Gasteiger partial charge in [0.1, 0.15) is 0 Å². The van der Waals surface area contributed by atoms with E-state index in [1.165, 1.54) is 18.7 Å². The van der Waals surface area contributed by atoms with Gasteiger partial charge in [-0.2, -0.15) is 0 Å². The molecule has 1 aromatic carbocycles. The van der Waals surface area contributed by atoms with Crippen LogP contribution in [-0.4, -0.2) is 31.7 Å². The summed E-state index contributed by atoms with van der Waals surface area (Å²) in [5.74, 6) is 0.162. The highest BCUT2D eigenvalue weighted by molar-refractivity contribution is 8.00. The number of nitrogens with two attached hydrogens (primary N) is 1. The van der Waals surface area contributed by atoms with Crippen LogP contribution in [0.25, 0.3) is 0 Å². The number of hydrogen-bond acceptors (Lipinski definition) is 6. The molecule has 0 radical (unpaired) electrons. The van der Waals surface area contributed by atoms with Crippen molar-refractivity contribution in [2.45, 2.75) is 44.1 Å². The topological polar surface area (TPSA) is 103 Å². The van der Waals surface area contributed by atoms with Crippen molar-refractivity contribution in [3.05, 3.63) is 29.8 Å². The van der Waals surface area contributed by atoms with E-state index < -0.39 is 0 Å². The molecular weight excluding hydrogens is 326 g/mol. The molecule has 7 nitrogen and oxygen atoms in total. The number of ketones is 1. The first-order valence-corrected chi connectivity index (χ1v) is 8.46.